The Labute approximate surface area is 143 Å². The van der Waals surface area contributed by atoms with Crippen LogP contribution in [0.3, 0.4) is 0 Å². The SMILES string of the molecule is CCCCN(CC)CCNC(=O)Cn1ccc2ccccc2c1=O. The van der Waals surface area contributed by atoms with E-state index >= 15 is 0 Å². The summed E-state index contributed by atoms with van der Waals surface area (Å²) in [6.07, 6.45) is 4.03. The van der Waals surface area contributed by atoms with Crippen LogP contribution < -0.4 is 10.9 Å². The number of hydrogen-bond donors (Lipinski definition) is 1. The number of hydrogen-bond acceptors (Lipinski definition) is 3. The molecule has 24 heavy (non-hydrogen) atoms. The van der Waals surface area contributed by atoms with E-state index in [1.165, 1.54) is 17.4 Å². The first-order valence-electron chi connectivity index (χ1n) is 8.73. The van der Waals surface area contributed by atoms with Gasteiger partial charge in [0.1, 0.15) is 6.54 Å². The van der Waals surface area contributed by atoms with Gasteiger partial charge in [0.15, 0.2) is 0 Å². The van der Waals surface area contributed by atoms with Gasteiger partial charge in [0.2, 0.25) is 5.91 Å². The number of nitrogens with one attached hydrogen (secondary N) is 1. The fourth-order valence-corrected chi connectivity index (χ4v) is 2.73. The van der Waals surface area contributed by atoms with Crippen LogP contribution in [0.5, 0.6) is 0 Å². The molecule has 5 nitrogen and oxygen atoms in total. The van der Waals surface area contributed by atoms with Gasteiger partial charge in [-0.1, -0.05) is 38.5 Å². The number of carbonyl (C=O) groups excluding carboxylic acids is 1. The second kappa shape index (κ2) is 9.23. The predicted molar refractivity (Wildman–Crippen MR) is 98.2 cm³/mol. The molecule has 0 spiro atoms. The summed E-state index contributed by atoms with van der Waals surface area (Å²) in [5.41, 5.74) is -0.124. The lowest BCUT2D eigenvalue weighted by Crippen LogP contribution is -2.38. The number of fused-ring (bicyclic) bond motifs is 1. The first-order valence-corrected chi connectivity index (χ1v) is 8.73. The molecule has 5 heteroatoms. The van der Waals surface area contributed by atoms with Crippen molar-refractivity contribution in [2.24, 2.45) is 0 Å². The van der Waals surface area contributed by atoms with Crippen LogP contribution in [0.15, 0.2) is 41.3 Å². The molecule has 1 amide bonds. The van der Waals surface area contributed by atoms with Crippen LogP contribution in [-0.2, 0) is 11.3 Å². The summed E-state index contributed by atoms with van der Waals surface area (Å²) in [7, 11) is 0. The summed E-state index contributed by atoms with van der Waals surface area (Å²) in [5, 5.41) is 4.45. The molecule has 0 unspecified atom stereocenters. The van der Waals surface area contributed by atoms with E-state index in [0.717, 1.165) is 25.0 Å². The van der Waals surface area contributed by atoms with Crippen LogP contribution in [0, 0.1) is 0 Å². The maximum atomic E-state index is 12.4. The van der Waals surface area contributed by atoms with Gasteiger partial charge < -0.3 is 14.8 Å². The van der Waals surface area contributed by atoms with E-state index in [-0.39, 0.29) is 18.0 Å². The van der Waals surface area contributed by atoms with Gasteiger partial charge in [-0.2, -0.15) is 0 Å². The maximum absolute atomic E-state index is 12.4. The van der Waals surface area contributed by atoms with Gasteiger partial charge in [-0.05, 0) is 37.0 Å². The number of amides is 1. The molecule has 1 aromatic heterocycles. The predicted octanol–water partition coefficient (Wildman–Crippen LogP) is 2.24. The second-order valence-electron chi connectivity index (χ2n) is 5.97. The molecule has 1 N–H and O–H groups in total. The molecule has 0 fully saturated rings. The summed E-state index contributed by atoms with van der Waals surface area (Å²) < 4.78 is 1.46. The van der Waals surface area contributed by atoms with Crippen LogP contribution in [0.25, 0.3) is 10.8 Å². The first-order chi connectivity index (χ1) is 11.7. The lowest BCUT2D eigenvalue weighted by Gasteiger charge is -2.20. The fourth-order valence-electron chi connectivity index (χ4n) is 2.73. The minimum absolute atomic E-state index is 0.0603. The second-order valence-corrected chi connectivity index (χ2v) is 5.97. The Morgan fingerprint density at radius 3 is 2.71 bits per heavy atom. The third-order valence-electron chi connectivity index (χ3n) is 4.23. The van der Waals surface area contributed by atoms with Crippen molar-refractivity contribution in [1.29, 1.82) is 0 Å². The van der Waals surface area contributed by atoms with Crippen LogP contribution in [0.4, 0.5) is 0 Å². The zero-order valence-corrected chi connectivity index (χ0v) is 14.6. The van der Waals surface area contributed by atoms with Crippen molar-refractivity contribution in [2.75, 3.05) is 26.2 Å². The molecule has 0 saturated carbocycles. The molecule has 130 valence electrons. The summed E-state index contributed by atoms with van der Waals surface area (Å²) in [6.45, 7) is 7.87. The number of rotatable bonds is 9. The quantitative estimate of drug-likeness (QED) is 0.768. The van der Waals surface area contributed by atoms with Crippen molar-refractivity contribution >= 4 is 16.7 Å². The monoisotopic (exact) mass is 329 g/mol. The summed E-state index contributed by atoms with van der Waals surface area (Å²) in [4.78, 5) is 26.8. The number of likely N-dealkylation sites (N-methyl/N-ethyl adjacent to an activating group) is 1. The van der Waals surface area contributed by atoms with Crippen molar-refractivity contribution in [2.45, 2.75) is 33.2 Å². The highest BCUT2D eigenvalue weighted by Crippen LogP contribution is 2.07. The number of benzene rings is 1. The molecule has 1 heterocycles. The van der Waals surface area contributed by atoms with E-state index < -0.39 is 0 Å². The van der Waals surface area contributed by atoms with E-state index in [4.69, 9.17) is 0 Å². The Kier molecular flexibility index (Phi) is 7.00. The highest BCUT2D eigenvalue weighted by Gasteiger charge is 2.07. The number of aromatic nitrogens is 1. The van der Waals surface area contributed by atoms with Crippen LogP contribution in [0.2, 0.25) is 0 Å². The lowest BCUT2D eigenvalue weighted by molar-refractivity contribution is -0.121. The fraction of sp³-hybridized carbons (Fsp3) is 0.474. The van der Waals surface area contributed by atoms with Gasteiger partial charge in [0, 0.05) is 24.7 Å². The molecule has 0 aliphatic rings. The lowest BCUT2D eigenvalue weighted by atomic mass is 10.2. The summed E-state index contributed by atoms with van der Waals surface area (Å²) >= 11 is 0. The standard InChI is InChI=1S/C19H27N3O2/c1-3-5-12-21(4-2)14-11-20-18(23)15-22-13-10-16-8-6-7-9-17(16)19(22)24/h6-10,13H,3-5,11-12,14-15H2,1-2H3,(H,20,23). The van der Waals surface area contributed by atoms with Crippen LogP contribution in [0.1, 0.15) is 26.7 Å². The van der Waals surface area contributed by atoms with Crippen molar-refractivity contribution in [3.8, 4) is 0 Å². The number of nitrogens with zero attached hydrogens (tertiary/aromatic N) is 2. The van der Waals surface area contributed by atoms with Gasteiger partial charge in [-0.25, -0.2) is 0 Å². The molecule has 0 bridgehead atoms. The smallest absolute Gasteiger partial charge is 0.258 e. The Morgan fingerprint density at radius 1 is 1.17 bits per heavy atom. The minimum atomic E-state index is -0.126. The average molecular weight is 329 g/mol. The van der Waals surface area contributed by atoms with Crippen molar-refractivity contribution < 1.29 is 4.79 Å². The van der Waals surface area contributed by atoms with Crippen molar-refractivity contribution in [3.05, 3.63) is 46.9 Å². The summed E-state index contributed by atoms with van der Waals surface area (Å²) in [5.74, 6) is -0.126. The largest absolute Gasteiger partial charge is 0.353 e. The van der Waals surface area contributed by atoms with E-state index in [2.05, 4.69) is 24.1 Å². The molecule has 0 radical (unpaired) electrons. The Morgan fingerprint density at radius 2 is 1.96 bits per heavy atom. The van der Waals surface area contributed by atoms with E-state index in [1.54, 1.807) is 12.3 Å². The van der Waals surface area contributed by atoms with E-state index in [1.807, 2.05) is 24.3 Å². The maximum Gasteiger partial charge on any atom is 0.258 e. The molecule has 2 rings (SSSR count). The zero-order valence-electron chi connectivity index (χ0n) is 14.6. The highest BCUT2D eigenvalue weighted by molar-refractivity contribution is 5.82. The number of unbranched alkanes of at least 4 members (excludes halogenated alkanes) is 1. The zero-order chi connectivity index (χ0) is 17.4. The Hall–Kier alpha value is -2.14. The van der Waals surface area contributed by atoms with Crippen LogP contribution in [-0.4, -0.2) is 41.6 Å². The van der Waals surface area contributed by atoms with Gasteiger partial charge in [-0.3, -0.25) is 9.59 Å². The molecular formula is C19H27N3O2. The topological polar surface area (TPSA) is 54.3 Å². The Balaban J connectivity index is 1.88. The molecular weight excluding hydrogens is 302 g/mol. The van der Waals surface area contributed by atoms with Gasteiger partial charge in [-0.15, -0.1) is 0 Å². The van der Waals surface area contributed by atoms with Crippen molar-refractivity contribution in [3.63, 3.8) is 0 Å². The molecule has 0 aliphatic heterocycles. The summed E-state index contributed by atoms with van der Waals surface area (Å²) in [6, 6.07) is 9.30. The van der Waals surface area contributed by atoms with Gasteiger partial charge in [0.25, 0.3) is 5.56 Å². The molecule has 0 atom stereocenters. The third-order valence-corrected chi connectivity index (χ3v) is 4.23. The normalized spacial score (nSPS) is 11.1. The van der Waals surface area contributed by atoms with Gasteiger partial charge >= 0.3 is 0 Å². The minimum Gasteiger partial charge on any atom is -0.353 e. The van der Waals surface area contributed by atoms with Crippen molar-refractivity contribution in [1.82, 2.24) is 14.8 Å². The Bertz CT molecular complexity index is 724. The van der Waals surface area contributed by atoms with E-state index in [0.29, 0.717) is 11.9 Å². The number of carbonyl (C=O) groups is 1. The first kappa shape index (κ1) is 18.2. The highest BCUT2D eigenvalue weighted by atomic mass is 16.2. The van der Waals surface area contributed by atoms with Gasteiger partial charge in [0.05, 0.1) is 0 Å². The third kappa shape index (κ3) is 4.93. The van der Waals surface area contributed by atoms with E-state index in [9.17, 15) is 9.59 Å². The molecule has 2 aromatic rings. The van der Waals surface area contributed by atoms with Crippen LogP contribution >= 0.6 is 0 Å². The molecule has 0 saturated heterocycles. The molecule has 0 aliphatic carbocycles. The molecule has 1 aromatic carbocycles. The average Bonchev–Trinajstić information content (AvgIpc) is 2.60. The number of pyridine rings is 1.